The Bertz CT molecular complexity index is 482. The van der Waals surface area contributed by atoms with Crippen molar-refractivity contribution in [3.63, 3.8) is 0 Å². The topological polar surface area (TPSA) is 50.8 Å². The van der Waals surface area contributed by atoms with Crippen LogP contribution in [0.15, 0.2) is 18.2 Å². The van der Waals surface area contributed by atoms with Gasteiger partial charge in [-0.1, -0.05) is 6.42 Å². The molecule has 122 valence electrons. The van der Waals surface area contributed by atoms with E-state index in [2.05, 4.69) is 10.2 Å². The molecule has 1 saturated heterocycles. The first-order valence-electron chi connectivity index (χ1n) is 7.84. The maximum Gasteiger partial charge on any atom is 0.237 e. The molecule has 0 aromatic heterocycles. The molecular formula is C17H26N2O3. The average molecular weight is 306 g/mol. The zero-order valence-electron chi connectivity index (χ0n) is 13.7. The number of carbonyl (C=O) groups excluding carboxylic acids is 1. The Labute approximate surface area is 132 Å². The van der Waals surface area contributed by atoms with Crippen molar-refractivity contribution in [2.24, 2.45) is 0 Å². The van der Waals surface area contributed by atoms with E-state index in [1.165, 1.54) is 6.42 Å². The molecule has 1 amide bonds. The largest absolute Gasteiger partial charge is 0.497 e. The van der Waals surface area contributed by atoms with Gasteiger partial charge in [0.2, 0.25) is 5.91 Å². The SMILES string of the molecule is COc1cc(CCNC(=O)C2CCCCN2C)cc(OC)c1. The third-order valence-corrected chi connectivity index (χ3v) is 4.20. The number of ether oxygens (including phenoxy) is 2. The number of nitrogens with one attached hydrogen (secondary N) is 1. The summed E-state index contributed by atoms with van der Waals surface area (Å²) in [4.78, 5) is 14.4. The van der Waals surface area contributed by atoms with Gasteiger partial charge in [-0.25, -0.2) is 0 Å². The standard InChI is InChI=1S/C17H26N2O3/c1-19-9-5-4-6-16(19)17(20)18-8-7-13-10-14(21-2)12-15(11-13)22-3/h10-12,16H,4-9H2,1-3H3,(H,18,20). The van der Waals surface area contributed by atoms with Crippen LogP contribution in [0.4, 0.5) is 0 Å². The molecule has 0 aliphatic carbocycles. The first-order valence-corrected chi connectivity index (χ1v) is 7.84. The molecule has 1 aromatic carbocycles. The summed E-state index contributed by atoms with van der Waals surface area (Å²) < 4.78 is 10.5. The summed E-state index contributed by atoms with van der Waals surface area (Å²) in [5.41, 5.74) is 1.09. The fraction of sp³-hybridized carbons (Fsp3) is 0.588. The normalized spacial score (nSPS) is 18.8. The Morgan fingerprint density at radius 1 is 1.23 bits per heavy atom. The first kappa shape index (κ1) is 16.6. The van der Waals surface area contributed by atoms with Crippen molar-refractivity contribution in [2.45, 2.75) is 31.7 Å². The zero-order valence-corrected chi connectivity index (χ0v) is 13.7. The van der Waals surface area contributed by atoms with Gasteiger partial charge in [0.25, 0.3) is 0 Å². The number of piperidine rings is 1. The smallest absolute Gasteiger partial charge is 0.237 e. The van der Waals surface area contributed by atoms with Crippen molar-refractivity contribution in [3.8, 4) is 11.5 Å². The molecule has 22 heavy (non-hydrogen) atoms. The second-order valence-corrected chi connectivity index (χ2v) is 5.75. The van der Waals surface area contributed by atoms with Crippen molar-refractivity contribution in [1.29, 1.82) is 0 Å². The van der Waals surface area contributed by atoms with E-state index in [0.717, 1.165) is 42.9 Å². The van der Waals surface area contributed by atoms with Crippen LogP contribution in [0.5, 0.6) is 11.5 Å². The minimum atomic E-state index is 0.0218. The zero-order chi connectivity index (χ0) is 15.9. The molecule has 1 atom stereocenters. The molecule has 1 aliphatic heterocycles. The summed E-state index contributed by atoms with van der Waals surface area (Å²) in [5, 5.41) is 3.04. The maximum atomic E-state index is 12.2. The molecule has 1 N–H and O–H groups in total. The molecule has 0 bridgehead atoms. The van der Waals surface area contributed by atoms with Crippen molar-refractivity contribution >= 4 is 5.91 Å². The molecule has 1 aliphatic rings. The average Bonchev–Trinajstić information content (AvgIpc) is 2.54. The summed E-state index contributed by atoms with van der Waals surface area (Å²) in [6.07, 6.45) is 4.03. The van der Waals surface area contributed by atoms with Gasteiger partial charge in [0.05, 0.1) is 20.3 Å². The van der Waals surface area contributed by atoms with Crippen LogP contribution in [0.3, 0.4) is 0 Å². The van der Waals surface area contributed by atoms with E-state index >= 15 is 0 Å². The first-order chi connectivity index (χ1) is 10.6. The van der Waals surface area contributed by atoms with E-state index in [0.29, 0.717) is 6.54 Å². The number of rotatable bonds is 6. The van der Waals surface area contributed by atoms with E-state index in [1.807, 2.05) is 25.2 Å². The second kappa shape index (κ2) is 8.03. The number of benzene rings is 1. The number of likely N-dealkylation sites (tertiary alicyclic amines) is 1. The van der Waals surface area contributed by atoms with Gasteiger partial charge >= 0.3 is 0 Å². The molecule has 1 heterocycles. The highest BCUT2D eigenvalue weighted by molar-refractivity contribution is 5.81. The van der Waals surface area contributed by atoms with E-state index in [4.69, 9.17) is 9.47 Å². The van der Waals surface area contributed by atoms with Gasteiger partial charge < -0.3 is 14.8 Å². The van der Waals surface area contributed by atoms with Gasteiger partial charge in [-0.05, 0) is 50.6 Å². The predicted octanol–water partition coefficient (Wildman–Crippen LogP) is 1.85. The van der Waals surface area contributed by atoms with Crippen LogP contribution in [-0.4, -0.2) is 51.2 Å². The van der Waals surface area contributed by atoms with E-state index in [-0.39, 0.29) is 11.9 Å². The monoisotopic (exact) mass is 306 g/mol. The van der Waals surface area contributed by atoms with E-state index < -0.39 is 0 Å². The van der Waals surface area contributed by atoms with Crippen LogP contribution < -0.4 is 14.8 Å². The lowest BCUT2D eigenvalue weighted by Crippen LogP contribution is -2.47. The van der Waals surface area contributed by atoms with Gasteiger partial charge in [0.15, 0.2) is 0 Å². The third-order valence-electron chi connectivity index (χ3n) is 4.20. The summed E-state index contributed by atoms with van der Waals surface area (Å²) in [6, 6.07) is 5.82. The minimum absolute atomic E-state index is 0.0218. The highest BCUT2D eigenvalue weighted by Crippen LogP contribution is 2.22. The van der Waals surface area contributed by atoms with Crippen molar-refractivity contribution in [3.05, 3.63) is 23.8 Å². The van der Waals surface area contributed by atoms with Crippen LogP contribution in [0.1, 0.15) is 24.8 Å². The van der Waals surface area contributed by atoms with Crippen LogP contribution in [-0.2, 0) is 11.2 Å². The van der Waals surface area contributed by atoms with Gasteiger partial charge in [-0.15, -0.1) is 0 Å². The molecule has 1 fully saturated rings. The Hall–Kier alpha value is -1.75. The summed E-state index contributed by atoms with van der Waals surface area (Å²) in [7, 11) is 5.30. The molecule has 0 saturated carbocycles. The third kappa shape index (κ3) is 4.37. The molecule has 0 spiro atoms. The molecule has 2 rings (SSSR count). The minimum Gasteiger partial charge on any atom is -0.497 e. The fourth-order valence-corrected chi connectivity index (χ4v) is 2.86. The Morgan fingerprint density at radius 3 is 2.50 bits per heavy atom. The van der Waals surface area contributed by atoms with Gasteiger partial charge in [0, 0.05) is 12.6 Å². The van der Waals surface area contributed by atoms with Gasteiger partial charge in [-0.2, -0.15) is 0 Å². The van der Waals surface area contributed by atoms with Crippen molar-refractivity contribution in [2.75, 3.05) is 34.4 Å². The van der Waals surface area contributed by atoms with E-state index in [1.54, 1.807) is 14.2 Å². The number of nitrogens with zero attached hydrogens (tertiary/aromatic N) is 1. The summed E-state index contributed by atoms with van der Waals surface area (Å²) in [6.45, 7) is 1.63. The summed E-state index contributed by atoms with van der Waals surface area (Å²) in [5.74, 6) is 1.68. The Balaban J connectivity index is 1.86. The number of carbonyl (C=O) groups is 1. The van der Waals surface area contributed by atoms with Gasteiger partial charge in [-0.3, -0.25) is 9.69 Å². The van der Waals surface area contributed by atoms with E-state index in [9.17, 15) is 4.79 Å². The summed E-state index contributed by atoms with van der Waals surface area (Å²) >= 11 is 0. The molecule has 1 aromatic rings. The lowest BCUT2D eigenvalue weighted by atomic mass is 10.0. The van der Waals surface area contributed by atoms with Crippen LogP contribution in [0, 0.1) is 0 Å². The maximum absolute atomic E-state index is 12.2. The van der Waals surface area contributed by atoms with Crippen molar-refractivity contribution in [1.82, 2.24) is 10.2 Å². The molecule has 5 heteroatoms. The number of likely N-dealkylation sites (N-methyl/N-ethyl adjacent to an activating group) is 1. The van der Waals surface area contributed by atoms with Crippen LogP contribution in [0.2, 0.25) is 0 Å². The number of amides is 1. The lowest BCUT2D eigenvalue weighted by Gasteiger charge is -2.31. The van der Waals surface area contributed by atoms with Crippen molar-refractivity contribution < 1.29 is 14.3 Å². The number of hydrogen-bond acceptors (Lipinski definition) is 4. The number of methoxy groups -OCH3 is 2. The highest BCUT2D eigenvalue weighted by atomic mass is 16.5. The Kier molecular flexibility index (Phi) is 6.07. The highest BCUT2D eigenvalue weighted by Gasteiger charge is 2.25. The number of hydrogen-bond donors (Lipinski definition) is 1. The molecule has 5 nitrogen and oxygen atoms in total. The quantitative estimate of drug-likeness (QED) is 0.871. The lowest BCUT2D eigenvalue weighted by molar-refractivity contribution is -0.126. The predicted molar refractivity (Wildman–Crippen MR) is 86.5 cm³/mol. The van der Waals surface area contributed by atoms with Crippen LogP contribution >= 0.6 is 0 Å². The molecular weight excluding hydrogens is 280 g/mol. The molecule has 0 radical (unpaired) electrons. The van der Waals surface area contributed by atoms with Crippen LogP contribution in [0.25, 0.3) is 0 Å². The van der Waals surface area contributed by atoms with Gasteiger partial charge in [0.1, 0.15) is 11.5 Å². The molecule has 1 unspecified atom stereocenters. The fourth-order valence-electron chi connectivity index (χ4n) is 2.86. The second-order valence-electron chi connectivity index (χ2n) is 5.75. The Morgan fingerprint density at radius 2 is 1.91 bits per heavy atom.